The first-order chi connectivity index (χ1) is 16.7. The molecule has 188 valence electrons. The van der Waals surface area contributed by atoms with Crippen LogP contribution in [0.15, 0.2) is 42.6 Å². The van der Waals surface area contributed by atoms with Crippen LogP contribution in [-0.2, 0) is 20.7 Å². The lowest BCUT2D eigenvalue weighted by Crippen LogP contribution is -2.49. The maximum Gasteiger partial charge on any atom is 0.257 e. The summed E-state index contributed by atoms with van der Waals surface area (Å²) in [7, 11) is 3.33. The number of benzene rings is 1. The highest BCUT2D eigenvalue weighted by Crippen LogP contribution is 2.27. The van der Waals surface area contributed by atoms with Crippen LogP contribution in [0.3, 0.4) is 0 Å². The van der Waals surface area contributed by atoms with E-state index >= 15 is 0 Å². The molecule has 2 heterocycles. The number of anilines is 1. The Labute approximate surface area is 206 Å². The van der Waals surface area contributed by atoms with Crippen molar-refractivity contribution >= 4 is 23.4 Å². The number of aromatic nitrogens is 1. The molecule has 0 spiro atoms. The number of carbonyl (C=O) groups is 3. The molecule has 0 aliphatic carbocycles. The van der Waals surface area contributed by atoms with E-state index in [0.717, 1.165) is 0 Å². The normalized spacial score (nSPS) is 21.3. The largest absolute Gasteiger partial charge is 0.491 e. The van der Waals surface area contributed by atoms with Gasteiger partial charge in [-0.05, 0) is 31.2 Å². The van der Waals surface area contributed by atoms with Crippen LogP contribution >= 0.6 is 0 Å². The molecule has 35 heavy (non-hydrogen) atoms. The Hall–Kier alpha value is -3.46. The van der Waals surface area contributed by atoms with Gasteiger partial charge in [0.1, 0.15) is 12.4 Å². The predicted octanol–water partition coefficient (Wildman–Crippen LogP) is 2.62. The van der Waals surface area contributed by atoms with E-state index in [1.807, 2.05) is 32.0 Å². The Morgan fingerprint density at radius 1 is 1.20 bits per heavy atom. The molecule has 3 atom stereocenters. The van der Waals surface area contributed by atoms with Crippen LogP contribution < -0.4 is 10.1 Å². The van der Waals surface area contributed by atoms with E-state index in [1.165, 1.54) is 6.92 Å². The second-order valence-electron chi connectivity index (χ2n) is 9.03. The number of nitrogens with zero attached hydrogens (tertiary/aromatic N) is 3. The zero-order valence-corrected chi connectivity index (χ0v) is 21.0. The van der Waals surface area contributed by atoms with Gasteiger partial charge in [-0.15, -0.1) is 0 Å². The Bertz CT molecular complexity index is 1050. The summed E-state index contributed by atoms with van der Waals surface area (Å²) in [5, 5.41) is 2.72. The number of nitrogens with one attached hydrogen (secondary N) is 1. The summed E-state index contributed by atoms with van der Waals surface area (Å²) in [6.07, 6.45) is 1.58. The molecular weight excluding hydrogens is 448 g/mol. The van der Waals surface area contributed by atoms with Crippen molar-refractivity contribution in [3.05, 3.63) is 53.9 Å². The molecule has 0 saturated carbocycles. The predicted molar refractivity (Wildman–Crippen MR) is 132 cm³/mol. The molecule has 0 unspecified atom stereocenters. The molecule has 3 rings (SSSR count). The summed E-state index contributed by atoms with van der Waals surface area (Å²) in [5.74, 6) is -0.181. The van der Waals surface area contributed by atoms with Crippen molar-refractivity contribution in [2.45, 2.75) is 39.3 Å². The van der Waals surface area contributed by atoms with Gasteiger partial charge in [0.15, 0.2) is 0 Å². The van der Waals surface area contributed by atoms with Crippen LogP contribution in [0.2, 0.25) is 0 Å². The Morgan fingerprint density at radius 2 is 1.97 bits per heavy atom. The second-order valence-corrected chi connectivity index (χ2v) is 9.03. The van der Waals surface area contributed by atoms with Gasteiger partial charge in [0.25, 0.3) is 5.91 Å². The average Bonchev–Trinajstić information content (AvgIpc) is 2.83. The van der Waals surface area contributed by atoms with Crippen molar-refractivity contribution in [1.82, 2.24) is 14.8 Å². The topological polar surface area (TPSA) is 101 Å². The third-order valence-corrected chi connectivity index (χ3v) is 6.15. The number of methoxy groups -OCH3 is 1. The molecule has 3 amide bonds. The molecular formula is C26H34N4O5. The molecule has 0 saturated heterocycles. The molecule has 1 N–H and O–H groups in total. The number of rotatable bonds is 4. The monoisotopic (exact) mass is 482 g/mol. The van der Waals surface area contributed by atoms with Crippen LogP contribution in [0.25, 0.3) is 0 Å². The van der Waals surface area contributed by atoms with Gasteiger partial charge in [-0.1, -0.05) is 13.0 Å². The lowest BCUT2D eigenvalue weighted by molar-refractivity contribution is -0.134. The first kappa shape index (κ1) is 26.2. The number of likely N-dealkylation sites (N-methyl/N-ethyl adjacent to an activating group) is 1. The quantitative estimate of drug-likeness (QED) is 0.719. The Balaban J connectivity index is 1.94. The number of pyridine rings is 1. The van der Waals surface area contributed by atoms with Crippen molar-refractivity contribution in [3.8, 4) is 5.75 Å². The fourth-order valence-corrected chi connectivity index (χ4v) is 4.16. The van der Waals surface area contributed by atoms with Crippen LogP contribution in [0.4, 0.5) is 5.69 Å². The van der Waals surface area contributed by atoms with Gasteiger partial charge in [0.2, 0.25) is 11.8 Å². The number of fused-ring (bicyclic) bond motifs is 1. The maximum absolute atomic E-state index is 13.4. The third-order valence-electron chi connectivity index (χ3n) is 6.15. The summed E-state index contributed by atoms with van der Waals surface area (Å²) in [6.45, 7) is 6.31. The van der Waals surface area contributed by atoms with Gasteiger partial charge in [0, 0.05) is 63.7 Å². The first-order valence-electron chi connectivity index (χ1n) is 11.7. The molecule has 0 bridgehead atoms. The van der Waals surface area contributed by atoms with E-state index < -0.39 is 0 Å². The molecule has 2 aromatic rings. The fraction of sp³-hybridized carbons (Fsp3) is 0.462. The number of hydrogen-bond acceptors (Lipinski definition) is 6. The van der Waals surface area contributed by atoms with Crippen LogP contribution in [0.5, 0.6) is 5.75 Å². The molecule has 1 aromatic heterocycles. The summed E-state index contributed by atoms with van der Waals surface area (Å²) in [5.41, 5.74) is 1.60. The zero-order valence-electron chi connectivity index (χ0n) is 21.0. The molecule has 9 nitrogen and oxygen atoms in total. The van der Waals surface area contributed by atoms with Crippen LogP contribution in [0.1, 0.15) is 36.8 Å². The third kappa shape index (κ3) is 6.79. The second kappa shape index (κ2) is 11.8. The average molecular weight is 483 g/mol. The van der Waals surface area contributed by atoms with E-state index in [4.69, 9.17) is 9.47 Å². The number of ether oxygens (including phenoxy) is 2. The van der Waals surface area contributed by atoms with Crippen molar-refractivity contribution < 1.29 is 23.9 Å². The molecule has 0 fully saturated rings. The summed E-state index contributed by atoms with van der Waals surface area (Å²) < 4.78 is 11.8. The molecule has 1 aromatic carbocycles. The molecule has 1 aliphatic rings. The van der Waals surface area contributed by atoms with Crippen molar-refractivity contribution in [2.24, 2.45) is 5.92 Å². The van der Waals surface area contributed by atoms with E-state index in [0.29, 0.717) is 35.8 Å². The minimum absolute atomic E-state index is 0.0357. The molecule has 9 heteroatoms. The lowest BCUT2D eigenvalue weighted by atomic mass is 10.0. The zero-order chi connectivity index (χ0) is 25.5. The van der Waals surface area contributed by atoms with Crippen LogP contribution in [-0.4, -0.2) is 78.5 Å². The molecule has 1 aliphatic heterocycles. The Kier molecular flexibility index (Phi) is 8.81. The fourth-order valence-electron chi connectivity index (χ4n) is 4.16. The number of hydrogen-bond donors (Lipinski definition) is 1. The lowest BCUT2D eigenvalue weighted by Gasteiger charge is -2.36. The highest BCUT2D eigenvalue weighted by molar-refractivity contribution is 5.98. The highest BCUT2D eigenvalue weighted by atomic mass is 16.5. The maximum atomic E-state index is 13.4. The standard InChI is InChI=1S/C26H34N4O5/c1-17-14-30(25(32)13-20-8-6-7-11-27-20)18(2)16-35-23-12-21(28-19(3)31)9-10-22(23)26(33)29(4)15-24(17)34-5/h6-12,17-18,24H,13-16H2,1-5H3,(H,28,31)/t17-,18+,24+/m0/s1. The number of amides is 3. The minimum Gasteiger partial charge on any atom is -0.491 e. The van der Waals surface area contributed by atoms with Gasteiger partial charge < -0.3 is 24.6 Å². The summed E-state index contributed by atoms with van der Waals surface area (Å²) >= 11 is 0. The van der Waals surface area contributed by atoms with E-state index in [-0.39, 0.29) is 48.8 Å². The van der Waals surface area contributed by atoms with Gasteiger partial charge in [-0.25, -0.2) is 0 Å². The van der Waals surface area contributed by atoms with Gasteiger partial charge in [0.05, 0.1) is 24.1 Å². The summed E-state index contributed by atoms with van der Waals surface area (Å²) in [4.78, 5) is 45.8. The first-order valence-corrected chi connectivity index (χ1v) is 11.7. The smallest absolute Gasteiger partial charge is 0.257 e. The van der Waals surface area contributed by atoms with Gasteiger partial charge in [-0.2, -0.15) is 0 Å². The highest BCUT2D eigenvalue weighted by Gasteiger charge is 2.30. The van der Waals surface area contributed by atoms with E-state index in [2.05, 4.69) is 10.3 Å². The van der Waals surface area contributed by atoms with Gasteiger partial charge in [-0.3, -0.25) is 19.4 Å². The Morgan fingerprint density at radius 3 is 2.63 bits per heavy atom. The van der Waals surface area contributed by atoms with E-state index in [1.54, 1.807) is 48.4 Å². The summed E-state index contributed by atoms with van der Waals surface area (Å²) in [6, 6.07) is 10.2. The van der Waals surface area contributed by atoms with Crippen LogP contribution in [0, 0.1) is 5.92 Å². The van der Waals surface area contributed by atoms with Crippen molar-refractivity contribution in [3.63, 3.8) is 0 Å². The van der Waals surface area contributed by atoms with Crippen molar-refractivity contribution in [1.29, 1.82) is 0 Å². The minimum atomic E-state index is -0.282. The number of carbonyl (C=O) groups excluding carboxylic acids is 3. The SMILES string of the molecule is CO[C@@H]1CN(C)C(=O)c2ccc(NC(C)=O)cc2OC[C@@H](C)N(C(=O)Cc2ccccn2)C[C@@H]1C. The van der Waals surface area contributed by atoms with Gasteiger partial charge >= 0.3 is 0 Å². The molecule has 0 radical (unpaired) electrons. The van der Waals surface area contributed by atoms with E-state index in [9.17, 15) is 14.4 Å². The van der Waals surface area contributed by atoms with Crippen molar-refractivity contribution in [2.75, 3.05) is 39.2 Å².